The van der Waals surface area contributed by atoms with Gasteiger partial charge in [-0.2, -0.15) is 0 Å². The molecule has 0 bridgehead atoms. The number of nitrogens with zero attached hydrogens (tertiary/aromatic N) is 1. The molecular formula is C37H32FN3O2. The molecule has 1 unspecified atom stereocenters. The van der Waals surface area contributed by atoms with Gasteiger partial charge in [0.1, 0.15) is 12.0 Å². The lowest BCUT2D eigenvalue weighted by molar-refractivity contribution is 0.0728. The molecule has 0 spiro atoms. The normalized spacial score (nSPS) is 14.0. The molecule has 0 saturated heterocycles. The molecule has 5 aromatic rings. The molecule has 0 radical (unpaired) electrons. The van der Waals surface area contributed by atoms with Gasteiger partial charge in [0, 0.05) is 41.4 Å². The van der Waals surface area contributed by atoms with Crippen molar-refractivity contribution in [2.24, 2.45) is 0 Å². The number of anilines is 1. The molecule has 5 aromatic carbocycles. The standard InChI is InChI=1S/C37H32FN3O2/c38-30-19-15-26(16-20-30)25-41-35(33-13-7-8-14-34(33)37(41)43)40-31-21-17-29(18-22-31)36(42)39-24-23-32(27-9-3-1-4-10-27)28-11-5-2-6-12-28/h1-22,32,35,40H,23-25H2,(H,39,42). The number of fused-ring (bicyclic) bond motifs is 1. The highest BCUT2D eigenvalue weighted by atomic mass is 19.1. The van der Waals surface area contributed by atoms with Crippen LogP contribution in [0.15, 0.2) is 133 Å². The van der Waals surface area contributed by atoms with E-state index < -0.39 is 6.17 Å². The number of hydrogen-bond donors (Lipinski definition) is 2. The zero-order chi connectivity index (χ0) is 29.6. The Balaban J connectivity index is 1.12. The maximum Gasteiger partial charge on any atom is 0.256 e. The van der Waals surface area contributed by atoms with Crippen molar-refractivity contribution >= 4 is 17.5 Å². The minimum atomic E-state index is -0.402. The Morgan fingerprint density at radius 3 is 2.00 bits per heavy atom. The number of nitrogens with one attached hydrogen (secondary N) is 2. The summed E-state index contributed by atoms with van der Waals surface area (Å²) in [5, 5.41) is 6.55. The van der Waals surface area contributed by atoms with Gasteiger partial charge in [-0.1, -0.05) is 91.0 Å². The lowest BCUT2D eigenvalue weighted by atomic mass is 9.88. The quantitative estimate of drug-likeness (QED) is 0.183. The fourth-order valence-electron chi connectivity index (χ4n) is 5.68. The van der Waals surface area contributed by atoms with E-state index in [9.17, 15) is 14.0 Å². The van der Waals surface area contributed by atoms with E-state index in [1.165, 1.54) is 23.3 Å². The Morgan fingerprint density at radius 2 is 1.35 bits per heavy atom. The van der Waals surface area contributed by atoms with Crippen LogP contribution in [0.5, 0.6) is 0 Å². The number of amides is 2. The van der Waals surface area contributed by atoms with Crippen LogP contribution in [-0.4, -0.2) is 23.3 Å². The summed E-state index contributed by atoms with van der Waals surface area (Å²) in [7, 11) is 0. The predicted octanol–water partition coefficient (Wildman–Crippen LogP) is 7.54. The summed E-state index contributed by atoms with van der Waals surface area (Å²) in [6, 6.07) is 41.7. The van der Waals surface area contributed by atoms with Crippen LogP contribution in [0.4, 0.5) is 10.1 Å². The van der Waals surface area contributed by atoms with E-state index >= 15 is 0 Å². The van der Waals surface area contributed by atoms with Crippen LogP contribution in [-0.2, 0) is 6.54 Å². The van der Waals surface area contributed by atoms with E-state index in [-0.39, 0.29) is 23.5 Å². The van der Waals surface area contributed by atoms with Crippen molar-refractivity contribution in [2.75, 3.05) is 11.9 Å². The lowest BCUT2D eigenvalue weighted by Gasteiger charge is -2.27. The number of carbonyl (C=O) groups excluding carboxylic acids is 2. The minimum Gasteiger partial charge on any atom is -0.361 e. The molecule has 2 N–H and O–H groups in total. The number of carbonyl (C=O) groups is 2. The molecule has 6 heteroatoms. The summed E-state index contributed by atoms with van der Waals surface area (Å²) in [5.74, 6) is -0.349. The molecular weight excluding hydrogens is 537 g/mol. The molecule has 2 amide bonds. The first-order chi connectivity index (χ1) is 21.1. The van der Waals surface area contributed by atoms with Crippen molar-refractivity contribution in [1.82, 2.24) is 10.2 Å². The van der Waals surface area contributed by atoms with Crippen LogP contribution in [0, 0.1) is 5.82 Å². The Hall–Kier alpha value is -5.23. The summed E-state index contributed by atoms with van der Waals surface area (Å²) < 4.78 is 13.5. The zero-order valence-corrected chi connectivity index (χ0v) is 23.6. The van der Waals surface area contributed by atoms with Gasteiger partial charge in [0.25, 0.3) is 11.8 Å². The van der Waals surface area contributed by atoms with Crippen molar-refractivity contribution in [1.29, 1.82) is 0 Å². The summed E-state index contributed by atoms with van der Waals surface area (Å²) in [6.07, 6.45) is 0.375. The first-order valence-corrected chi connectivity index (χ1v) is 14.5. The SMILES string of the molecule is O=C(NCCC(c1ccccc1)c1ccccc1)c1ccc(NC2c3ccccc3C(=O)N2Cc2ccc(F)cc2)cc1. The zero-order valence-electron chi connectivity index (χ0n) is 23.6. The Labute approximate surface area is 251 Å². The van der Waals surface area contributed by atoms with Crippen LogP contribution in [0.25, 0.3) is 0 Å². The third kappa shape index (κ3) is 6.33. The average molecular weight is 570 g/mol. The van der Waals surface area contributed by atoms with Crippen molar-refractivity contribution < 1.29 is 14.0 Å². The fourth-order valence-corrected chi connectivity index (χ4v) is 5.68. The molecule has 5 nitrogen and oxygen atoms in total. The lowest BCUT2D eigenvalue weighted by Crippen LogP contribution is -2.32. The average Bonchev–Trinajstić information content (AvgIpc) is 3.31. The second-order valence-corrected chi connectivity index (χ2v) is 10.7. The molecule has 1 aliphatic heterocycles. The molecule has 0 aliphatic carbocycles. The Bertz CT molecular complexity index is 1650. The number of halogens is 1. The van der Waals surface area contributed by atoms with Gasteiger partial charge < -0.3 is 15.5 Å². The molecule has 0 fully saturated rings. The van der Waals surface area contributed by atoms with Crippen molar-refractivity contribution in [3.05, 3.63) is 173 Å². The van der Waals surface area contributed by atoms with E-state index in [2.05, 4.69) is 34.9 Å². The largest absolute Gasteiger partial charge is 0.361 e. The second kappa shape index (κ2) is 12.7. The van der Waals surface area contributed by atoms with Crippen molar-refractivity contribution in [3.8, 4) is 0 Å². The Morgan fingerprint density at radius 1 is 0.744 bits per heavy atom. The summed E-state index contributed by atoms with van der Waals surface area (Å²) in [6.45, 7) is 0.867. The fraction of sp³-hybridized carbons (Fsp3) is 0.135. The molecule has 6 rings (SSSR count). The highest BCUT2D eigenvalue weighted by Gasteiger charge is 2.36. The van der Waals surface area contributed by atoms with Crippen molar-refractivity contribution in [2.45, 2.75) is 25.0 Å². The third-order valence-corrected chi connectivity index (χ3v) is 7.90. The van der Waals surface area contributed by atoms with Gasteiger partial charge in [-0.15, -0.1) is 0 Å². The Kier molecular flexibility index (Phi) is 8.27. The molecule has 214 valence electrons. The first kappa shape index (κ1) is 27.9. The van der Waals surface area contributed by atoms with E-state index in [1.54, 1.807) is 29.2 Å². The van der Waals surface area contributed by atoms with Gasteiger partial charge >= 0.3 is 0 Å². The number of benzene rings is 5. The summed E-state index contributed by atoms with van der Waals surface area (Å²) in [4.78, 5) is 28.1. The topological polar surface area (TPSA) is 61.4 Å². The monoisotopic (exact) mass is 569 g/mol. The van der Waals surface area contributed by atoms with Gasteiger partial charge in [-0.3, -0.25) is 9.59 Å². The third-order valence-electron chi connectivity index (χ3n) is 7.90. The van der Waals surface area contributed by atoms with Crippen LogP contribution in [0.2, 0.25) is 0 Å². The second-order valence-electron chi connectivity index (χ2n) is 10.7. The van der Waals surface area contributed by atoms with Gasteiger partial charge in [0.15, 0.2) is 0 Å². The van der Waals surface area contributed by atoms with Gasteiger partial charge in [0.2, 0.25) is 0 Å². The van der Waals surface area contributed by atoms with E-state index in [4.69, 9.17) is 0 Å². The van der Waals surface area contributed by atoms with Crippen molar-refractivity contribution in [3.63, 3.8) is 0 Å². The summed E-state index contributed by atoms with van der Waals surface area (Å²) in [5.41, 5.74) is 6.14. The molecule has 1 atom stereocenters. The van der Waals surface area contributed by atoms with Gasteiger partial charge in [-0.05, 0) is 65.6 Å². The van der Waals surface area contributed by atoms with E-state index in [0.717, 1.165) is 23.2 Å². The van der Waals surface area contributed by atoms with Crippen LogP contribution < -0.4 is 10.6 Å². The van der Waals surface area contributed by atoms with Gasteiger partial charge in [-0.25, -0.2) is 4.39 Å². The summed E-state index contributed by atoms with van der Waals surface area (Å²) >= 11 is 0. The molecule has 43 heavy (non-hydrogen) atoms. The van der Waals surface area contributed by atoms with Crippen LogP contribution in [0.3, 0.4) is 0 Å². The predicted molar refractivity (Wildman–Crippen MR) is 167 cm³/mol. The van der Waals surface area contributed by atoms with Crippen LogP contribution >= 0.6 is 0 Å². The first-order valence-electron chi connectivity index (χ1n) is 14.5. The minimum absolute atomic E-state index is 0.0854. The maximum absolute atomic E-state index is 13.5. The maximum atomic E-state index is 13.5. The van der Waals surface area contributed by atoms with Gasteiger partial charge in [0.05, 0.1) is 0 Å². The van der Waals surface area contributed by atoms with E-state index in [0.29, 0.717) is 24.2 Å². The molecule has 0 saturated carbocycles. The highest BCUT2D eigenvalue weighted by Crippen LogP contribution is 2.35. The molecule has 1 heterocycles. The number of rotatable bonds is 10. The highest BCUT2D eigenvalue weighted by molar-refractivity contribution is 5.99. The number of hydrogen-bond acceptors (Lipinski definition) is 3. The smallest absolute Gasteiger partial charge is 0.256 e. The molecule has 1 aliphatic rings. The molecule has 0 aromatic heterocycles. The van der Waals surface area contributed by atoms with Crippen LogP contribution in [0.1, 0.15) is 61.5 Å². The van der Waals surface area contributed by atoms with E-state index in [1.807, 2.05) is 72.8 Å².